The number of nitrogens with zero attached hydrogens (tertiary/aromatic N) is 3. The molecule has 1 unspecified atom stereocenters. The second kappa shape index (κ2) is 6.64. The summed E-state index contributed by atoms with van der Waals surface area (Å²) in [4.78, 5) is 24.8. The van der Waals surface area contributed by atoms with E-state index in [-0.39, 0.29) is 12.3 Å². The van der Waals surface area contributed by atoms with E-state index in [0.29, 0.717) is 29.6 Å². The van der Waals surface area contributed by atoms with Gasteiger partial charge in [-0.2, -0.15) is 0 Å². The minimum atomic E-state index is -0.709. The number of hydrogen-bond donors (Lipinski definition) is 0. The van der Waals surface area contributed by atoms with Gasteiger partial charge in [-0.1, -0.05) is 6.08 Å². The van der Waals surface area contributed by atoms with Crippen molar-refractivity contribution in [2.75, 3.05) is 6.61 Å². The maximum absolute atomic E-state index is 12.0. The zero-order chi connectivity index (χ0) is 18.0. The molecule has 2 aromatic heterocycles. The van der Waals surface area contributed by atoms with Crippen LogP contribution in [0.3, 0.4) is 0 Å². The van der Waals surface area contributed by atoms with Gasteiger partial charge in [0.05, 0.1) is 6.61 Å². The van der Waals surface area contributed by atoms with Gasteiger partial charge in [-0.15, -0.1) is 6.58 Å². The summed E-state index contributed by atoms with van der Waals surface area (Å²) < 4.78 is 21.5. The highest BCUT2D eigenvalue weighted by Crippen LogP contribution is 2.27. The Morgan fingerprint density at radius 2 is 2.16 bits per heavy atom. The minimum Gasteiger partial charge on any atom is -0.455 e. The molecule has 0 fully saturated rings. The van der Waals surface area contributed by atoms with Crippen LogP contribution in [0.2, 0.25) is 0 Å². The van der Waals surface area contributed by atoms with Crippen molar-refractivity contribution in [3.63, 3.8) is 0 Å². The largest absolute Gasteiger partial charge is 0.455 e. The molecule has 1 atom stereocenters. The van der Waals surface area contributed by atoms with Crippen LogP contribution in [0.25, 0.3) is 11.6 Å². The molecule has 0 radical (unpaired) electrons. The molecule has 0 aliphatic carbocycles. The van der Waals surface area contributed by atoms with Crippen molar-refractivity contribution < 1.29 is 23.1 Å². The first-order valence-electron chi connectivity index (χ1n) is 7.78. The van der Waals surface area contributed by atoms with E-state index >= 15 is 0 Å². The number of rotatable bonds is 5. The van der Waals surface area contributed by atoms with Gasteiger partial charge in [-0.25, -0.2) is 19.8 Å². The van der Waals surface area contributed by atoms with E-state index in [9.17, 15) is 4.79 Å². The van der Waals surface area contributed by atoms with E-state index in [1.54, 1.807) is 26.8 Å². The van der Waals surface area contributed by atoms with Crippen LogP contribution in [-0.2, 0) is 20.7 Å². The second-order valence-electron chi connectivity index (χ2n) is 6.44. The van der Waals surface area contributed by atoms with E-state index in [1.807, 2.05) is 0 Å². The standard InChI is InChI=1S/C17H19N3O5/c1-5-6-13-18-10(7-22-13)14-19-11(8-23-14)15-20-12(9-24-15)16(21)25-17(2,3)4/h5,7-8,15H,1,6,9H2,2-4H3. The van der Waals surface area contributed by atoms with Crippen molar-refractivity contribution in [3.8, 4) is 11.6 Å². The summed E-state index contributed by atoms with van der Waals surface area (Å²) >= 11 is 0. The lowest BCUT2D eigenvalue weighted by Gasteiger charge is -2.18. The van der Waals surface area contributed by atoms with Crippen LogP contribution in [0.1, 0.15) is 38.6 Å². The highest BCUT2D eigenvalue weighted by Gasteiger charge is 2.30. The van der Waals surface area contributed by atoms with Gasteiger partial charge in [0, 0.05) is 6.42 Å². The smallest absolute Gasteiger partial charge is 0.355 e. The van der Waals surface area contributed by atoms with E-state index in [1.165, 1.54) is 12.5 Å². The monoisotopic (exact) mass is 345 g/mol. The highest BCUT2D eigenvalue weighted by molar-refractivity contribution is 6.37. The average molecular weight is 345 g/mol. The minimum absolute atomic E-state index is 0.0647. The first kappa shape index (κ1) is 17.1. The van der Waals surface area contributed by atoms with Gasteiger partial charge in [0.15, 0.2) is 17.8 Å². The molecule has 8 heteroatoms. The number of ether oxygens (including phenoxy) is 2. The molecule has 132 valence electrons. The van der Waals surface area contributed by atoms with Crippen LogP contribution >= 0.6 is 0 Å². The molecule has 0 N–H and O–H groups in total. The summed E-state index contributed by atoms with van der Waals surface area (Å²) in [5.74, 6) is 0.315. The molecule has 1 aliphatic rings. The number of carbonyl (C=O) groups excluding carboxylic acids is 1. The van der Waals surface area contributed by atoms with Crippen molar-refractivity contribution in [2.24, 2.45) is 4.99 Å². The fraction of sp³-hybridized carbons (Fsp3) is 0.412. The molecule has 0 saturated carbocycles. The summed E-state index contributed by atoms with van der Waals surface area (Å²) in [5.41, 5.74) is 0.549. The summed E-state index contributed by atoms with van der Waals surface area (Å²) in [7, 11) is 0. The number of hydrogen-bond acceptors (Lipinski definition) is 8. The summed E-state index contributed by atoms with van der Waals surface area (Å²) in [6, 6.07) is 0. The zero-order valence-electron chi connectivity index (χ0n) is 14.3. The van der Waals surface area contributed by atoms with E-state index in [0.717, 1.165) is 0 Å². The van der Waals surface area contributed by atoms with E-state index in [4.69, 9.17) is 18.3 Å². The predicted octanol–water partition coefficient (Wildman–Crippen LogP) is 2.87. The molecule has 8 nitrogen and oxygen atoms in total. The van der Waals surface area contributed by atoms with Crippen molar-refractivity contribution >= 4 is 11.7 Å². The molecule has 0 aromatic carbocycles. The Morgan fingerprint density at radius 1 is 1.36 bits per heavy atom. The van der Waals surface area contributed by atoms with Crippen molar-refractivity contribution in [1.82, 2.24) is 9.97 Å². The second-order valence-corrected chi connectivity index (χ2v) is 6.44. The van der Waals surface area contributed by atoms with Gasteiger partial charge >= 0.3 is 5.97 Å². The van der Waals surface area contributed by atoms with Crippen molar-refractivity contribution in [2.45, 2.75) is 39.0 Å². The number of carbonyl (C=O) groups is 1. The number of allylic oxidation sites excluding steroid dienone is 1. The van der Waals surface area contributed by atoms with Crippen LogP contribution in [0, 0.1) is 0 Å². The van der Waals surface area contributed by atoms with Gasteiger partial charge in [0.2, 0.25) is 5.89 Å². The number of esters is 1. The first-order chi connectivity index (χ1) is 11.9. The summed E-state index contributed by atoms with van der Waals surface area (Å²) in [5, 5.41) is 0. The Morgan fingerprint density at radius 3 is 2.88 bits per heavy atom. The fourth-order valence-corrected chi connectivity index (χ4v) is 2.12. The first-order valence-corrected chi connectivity index (χ1v) is 7.78. The molecular formula is C17H19N3O5. The Balaban J connectivity index is 1.72. The van der Waals surface area contributed by atoms with Gasteiger partial charge in [0.1, 0.15) is 29.5 Å². The Labute approximate surface area is 144 Å². The Hall–Kier alpha value is -2.74. The lowest BCUT2D eigenvalue weighted by atomic mass is 10.2. The van der Waals surface area contributed by atoms with Crippen molar-refractivity contribution in [3.05, 3.63) is 36.8 Å². The van der Waals surface area contributed by atoms with Crippen LogP contribution in [0.5, 0.6) is 0 Å². The van der Waals surface area contributed by atoms with Crippen LogP contribution in [-0.4, -0.2) is 33.9 Å². The lowest BCUT2D eigenvalue weighted by molar-refractivity contribution is -0.146. The third-order valence-electron chi connectivity index (χ3n) is 3.15. The molecule has 2 aromatic rings. The topological polar surface area (TPSA) is 100.0 Å². The highest BCUT2D eigenvalue weighted by atomic mass is 16.6. The van der Waals surface area contributed by atoms with Crippen LogP contribution in [0.15, 0.2) is 39.0 Å². The van der Waals surface area contributed by atoms with Crippen molar-refractivity contribution in [1.29, 1.82) is 0 Å². The van der Waals surface area contributed by atoms with Gasteiger partial charge in [-0.3, -0.25) is 0 Å². The van der Waals surface area contributed by atoms with Gasteiger partial charge in [0.25, 0.3) is 0 Å². The van der Waals surface area contributed by atoms with Gasteiger partial charge < -0.3 is 18.3 Å². The summed E-state index contributed by atoms with van der Waals surface area (Å²) in [6.45, 7) is 9.07. The maximum Gasteiger partial charge on any atom is 0.355 e. The average Bonchev–Trinajstić information content (AvgIpc) is 3.25. The molecule has 0 bridgehead atoms. The Bertz CT molecular complexity index is 812. The number of aliphatic imine (C=N–C) groups is 1. The molecule has 25 heavy (non-hydrogen) atoms. The lowest BCUT2D eigenvalue weighted by Crippen LogP contribution is -2.29. The molecular weight excluding hydrogens is 326 g/mol. The van der Waals surface area contributed by atoms with Crippen LogP contribution in [0.4, 0.5) is 0 Å². The molecule has 1 aliphatic heterocycles. The van der Waals surface area contributed by atoms with Crippen LogP contribution < -0.4 is 0 Å². The maximum atomic E-state index is 12.0. The SMILES string of the molecule is C=CCc1nc(-c2nc(C3N=C(C(=O)OC(C)(C)C)CO3)co2)co1. The third kappa shape index (κ3) is 4.03. The molecule has 0 spiro atoms. The number of aromatic nitrogens is 2. The van der Waals surface area contributed by atoms with E-state index < -0.39 is 17.8 Å². The van der Waals surface area contributed by atoms with Gasteiger partial charge in [-0.05, 0) is 20.8 Å². The zero-order valence-corrected chi connectivity index (χ0v) is 14.3. The predicted molar refractivity (Wildman–Crippen MR) is 87.9 cm³/mol. The normalized spacial score (nSPS) is 17.4. The molecule has 3 rings (SSSR count). The van der Waals surface area contributed by atoms with E-state index in [2.05, 4.69) is 21.5 Å². The quantitative estimate of drug-likeness (QED) is 0.606. The molecule has 3 heterocycles. The molecule has 0 saturated heterocycles. The molecule has 0 amide bonds. The fourth-order valence-electron chi connectivity index (χ4n) is 2.12. The summed E-state index contributed by atoms with van der Waals surface area (Å²) in [6.07, 6.45) is 4.38. The third-order valence-corrected chi connectivity index (χ3v) is 3.15. The number of oxazole rings is 2. The Kier molecular flexibility index (Phi) is 4.54.